The number of nitrogens with one attached hydrogen (secondary N) is 1. The molecule has 0 heterocycles. The van der Waals surface area contributed by atoms with Crippen LogP contribution in [0.15, 0.2) is 22.7 Å². The minimum Gasteiger partial charge on any atom is -0.496 e. The zero-order valence-corrected chi connectivity index (χ0v) is 13.9. The maximum absolute atomic E-state index is 5.28. The molecule has 1 aromatic carbocycles. The first-order valence-electron chi connectivity index (χ1n) is 7.03. The molecule has 2 atom stereocenters. The molecular weight excluding hydrogens is 302 g/mol. The molecule has 0 radical (unpaired) electrons. The van der Waals surface area contributed by atoms with E-state index in [0.717, 1.165) is 29.1 Å². The number of methoxy groups -OCH3 is 1. The van der Waals surface area contributed by atoms with Gasteiger partial charge in [0.05, 0.1) is 11.6 Å². The number of benzene rings is 1. The average Bonchev–Trinajstić information content (AvgIpc) is 2.98. The highest BCUT2D eigenvalue weighted by Crippen LogP contribution is 2.54. The van der Waals surface area contributed by atoms with Crippen LogP contribution in [-0.2, 0) is 6.42 Å². The largest absolute Gasteiger partial charge is 0.496 e. The van der Waals surface area contributed by atoms with Crippen LogP contribution in [0.5, 0.6) is 5.75 Å². The smallest absolute Gasteiger partial charge is 0.133 e. The first-order valence-corrected chi connectivity index (χ1v) is 7.83. The lowest BCUT2D eigenvalue weighted by Crippen LogP contribution is -2.34. The van der Waals surface area contributed by atoms with Gasteiger partial charge in [-0.25, -0.2) is 0 Å². The third-order valence-corrected chi connectivity index (χ3v) is 4.83. The number of hydrogen-bond acceptors (Lipinski definition) is 2. The van der Waals surface area contributed by atoms with Crippen LogP contribution in [0.2, 0.25) is 0 Å². The number of likely N-dealkylation sites (N-methyl/N-ethyl adjacent to an activating group) is 1. The summed E-state index contributed by atoms with van der Waals surface area (Å²) in [7, 11) is 1.70. The SMILES string of the molecule is CCNC(Cc1ccc(OC)c(Br)c1)C1CC1(C)C. The Bertz CT molecular complexity index is 444. The zero-order valence-electron chi connectivity index (χ0n) is 12.3. The van der Waals surface area contributed by atoms with Crippen molar-refractivity contribution in [2.24, 2.45) is 11.3 Å². The van der Waals surface area contributed by atoms with E-state index < -0.39 is 0 Å². The standard InChI is InChI=1S/C16H24BrNO/c1-5-18-14(12-10-16(12,2)3)9-11-6-7-15(19-4)13(17)8-11/h6-8,12,14,18H,5,9-10H2,1-4H3. The van der Waals surface area contributed by atoms with Crippen molar-refractivity contribution in [3.63, 3.8) is 0 Å². The van der Waals surface area contributed by atoms with Gasteiger partial charge < -0.3 is 10.1 Å². The summed E-state index contributed by atoms with van der Waals surface area (Å²) in [4.78, 5) is 0. The minimum absolute atomic E-state index is 0.510. The second-order valence-electron chi connectivity index (χ2n) is 6.14. The van der Waals surface area contributed by atoms with E-state index in [1.165, 1.54) is 12.0 Å². The molecule has 19 heavy (non-hydrogen) atoms. The second-order valence-corrected chi connectivity index (χ2v) is 6.99. The van der Waals surface area contributed by atoms with E-state index in [9.17, 15) is 0 Å². The summed E-state index contributed by atoms with van der Waals surface area (Å²) in [6.45, 7) is 7.96. The van der Waals surface area contributed by atoms with Crippen molar-refractivity contribution in [2.75, 3.05) is 13.7 Å². The van der Waals surface area contributed by atoms with Crippen LogP contribution in [0.1, 0.15) is 32.8 Å². The van der Waals surface area contributed by atoms with E-state index >= 15 is 0 Å². The van der Waals surface area contributed by atoms with E-state index in [-0.39, 0.29) is 0 Å². The van der Waals surface area contributed by atoms with Gasteiger partial charge in [-0.3, -0.25) is 0 Å². The van der Waals surface area contributed by atoms with Gasteiger partial charge in [-0.15, -0.1) is 0 Å². The van der Waals surface area contributed by atoms with E-state index in [1.807, 2.05) is 6.07 Å². The minimum atomic E-state index is 0.510. The summed E-state index contributed by atoms with van der Waals surface area (Å²) in [6, 6.07) is 6.97. The molecule has 1 aromatic rings. The Labute approximate surface area is 125 Å². The van der Waals surface area contributed by atoms with E-state index in [0.29, 0.717) is 11.5 Å². The number of hydrogen-bond donors (Lipinski definition) is 1. The molecule has 3 heteroatoms. The number of ether oxygens (including phenoxy) is 1. The monoisotopic (exact) mass is 325 g/mol. The molecule has 0 aromatic heterocycles. The molecule has 0 amide bonds. The first kappa shape index (κ1) is 14.9. The van der Waals surface area contributed by atoms with Gasteiger partial charge in [0.2, 0.25) is 0 Å². The van der Waals surface area contributed by atoms with E-state index in [2.05, 4.69) is 54.2 Å². The highest BCUT2D eigenvalue weighted by Gasteiger charge is 2.49. The molecular formula is C16H24BrNO. The van der Waals surface area contributed by atoms with E-state index in [4.69, 9.17) is 4.74 Å². The van der Waals surface area contributed by atoms with Gasteiger partial charge in [-0.1, -0.05) is 26.8 Å². The summed E-state index contributed by atoms with van der Waals surface area (Å²) in [5.41, 5.74) is 1.87. The molecule has 106 valence electrons. The lowest BCUT2D eigenvalue weighted by Gasteiger charge is -2.20. The third kappa shape index (κ3) is 3.51. The first-order chi connectivity index (χ1) is 8.97. The van der Waals surface area contributed by atoms with Crippen molar-refractivity contribution in [3.8, 4) is 5.75 Å². The van der Waals surface area contributed by atoms with Crippen LogP contribution in [0.3, 0.4) is 0 Å². The fraction of sp³-hybridized carbons (Fsp3) is 0.625. The maximum Gasteiger partial charge on any atom is 0.133 e. The van der Waals surface area contributed by atoms with Gasteiger partial charge >= 0.3 is 0 Å². The van der Waals surface area contributed by atoms with Gasteiger partial charge in [0.25, 0.3) is 0 Å². The van der Waals surface area contributed by atoms with Gasteiger partial charge in [0.1, 0.15) is 5.75 Å². The van der Waals surface area contributed by atoms with Gasteiger partial charge in [-0.2, -0.15) is 0 Å². The van der Waals surface area contributed by atoms with Crippen LogP contribution in [0, 0.1) is 11.3 Å². The summed E-state index contributed by atoms with van der Waals surface area (Å²) in [5, 5.41) is 3.65. The van der Waals surface area contributed by atoms with Gasteiger partial charge in [0, 0.05) is 6.04 Å². The Hall–Kier alpha value is -0.540. The van der Waals surface area contributed by atoms with Crippen molar-refractivity contribution in [2.45, 2.75) is 39.7 Å². The fourth-order valence-electron chi connectivity index (χ4n) is 2.90. The molecule has 2 rings (SSSR count). The quantitative estimate of drug-likeness (QED) is 0.852. The maximum atomic E-state index is 5.28. The molecule has 2 nitrogen and oxygen atoms in total. The molecule has 1 fully saturated rings. The molecule has 1 N–H and O–H groups in total. The van der Waals surface area contributed by atoms with Gasteiger partial charge in [0.15, 0.2) is 0 Å². The molecule has 0 bridgehead atoms. The lowest BCUT2D eigenvalue weighted by molar-refractivity contribution is 0.405. The predicted molar refractivity (Wildman–Crippen MR) is 83.8 cm³/mol. The Balaban J connectivity index is 2.07. The fourth-order valence-corrected chi connectivity index (χ4v) is 3.49. The molecule has 0 saturated heterocycles. The van der Waals surface area contributed by atoms with Crippen LogP contribution >= 0.6 is 15.9 Å². The topological polar surface area (TPSA) is 21.3 Å². The van der Waals surface area contributed by atoms with Crippen molar-refractivity contribution < 1.29 is 4.74 Å². The van der Waals surface area contributed by atoms with Crippen LogP contribution in [-0.4, -0.2) is 19.7 Å². The van der Waals surface area contributed by atoms with Gasteiger partial charge in [-0.05, 0) is 64.3 Å². The molecule has 1 aliphatic carbocycles. The summed E-state index contributed by atoms with van der Waals surface area (Å²) in [6.07, 6.45) is 2.42. The van der Waals surface area contributed by atoms with Crippen molar-refractivity contribution in [1.82, 2.24) is 5.32 Å². The van der Waals surface area contributed by atoms with Crippen molar-refractivity contribution in [1.29, 1.82) is 0 Å². The molecule has 1 aliphatic rings. The molecule has 2 unspecified atom stereocenters. The molecule has 0 spiro atoms. The molecule has 1 saturated carbocycles. The highest BCUT2D eigenvalue weighted by atomic mass is 79.9. The Kier molecular flexibility index (Phi) is 4.57. The van der Waals surface area contributed by atoms with Crippen LogP contribution in [0.4, 0.5) is 0 Å². The number of halogens is 1. The Morgan fingerprint density at radius 1 is 1.47 bits per heavy atom. The van der Waals surface area contributed by atoms with Crippen molar-refractivity contribution in [3.05, 3.63) is 28.2 Å². The summed E-state index contributed by atoms with van der Waals surface area (Å²) < 4.78 is 6.32. The highest BCUT2D eigenvalue weighted by molar-refractivity contribution is 9.10. The van der Waals surface area contributed by atoms with Crippen molar-refractivity contribution >= 4 is 15.9 Å². The number of rotatable bonds is 6. The lowest BCUT2D eigenvalue weighted by atomic mass is 9.97. The van der Waals surface area contributed by atoms with E-state index in [1.54, 1.807) is 7.11 Å². The third-order valence-electron chi connectivity index (χ3n) is 4.21. The Morgan fingerprint density at radius 3 is 2.63 bits per heavy atom. The molecule has 0 aliphatic heterocycles. The van der Waals surface area contributed by atoms with Crippen LogP contribution in [0.25, 0.3) is 0 Å². The Morgan fingerprint density at radius 2 is 2.16 bits per heavy atom. The second kappa shape index (κ2) is 5.84. The zero-order chi connectivity index (χ0) is 14.0. The van der Waals surface area contributed by atoms with Crippen LogP contribution < -0.4 is 10.1 Å². The summed E-state index contributed by atoms with van der Waals surface area (Å²) >= 11 is 3.57. The summed E-state index contributed by atoms with van der Waals surface area (Å²) in [5.74, 6) is 1.70. The average molecular weight is 326 g/mol. The predicted octanol–water partition coefficient (Wildman–Crippen LogP) is 4.02. The normalized spacial score (nSPS) is 22.1.